The van der Waals surface area contributed by atoms with Crippen LogP contribution in [0.15, 0.2) is 89.9 Å². The Morgan fingerprint density at radius 1 is 0.870 bits per heavy atom. The van der Waals surface area contributed by atoms with E-state index in [1.165, 1.54) is 6.42 Å². The SMILES string of the molecule is CN1c2ccccc2C(c2ccccc2)=NCC1CC(C)(NC(=O)OC1C2CC3CC(C2)CC1C3)C(=O)NCCc1ccccc1. The third kappa shape index (κ3) is 6.29. The Hall–Kier alpha value is -4.13. The van der Waals surface area contributed by atoms with E-state index in [4.69, 9.17) is 9.73 Å². The number of para-hydroxylation sites is 1. The quantitative estimate of drug-likeness (QED) is 0.291. The number of benzene rings is 3. The molecule has 2 amide bonds. The maximum atomic E-state index is 14.1. The van der Waals surface area contributed by atoms with Crippen LogP contribution in [0.1, 0.15) is 62.1 Å². The number of hydrogen-bond acceptors (Lipinski definition) is 5. The number of carbonyl (C=O) groups excluding carboxylic acids is 2. The lowest BCUT2D eigenvalue weighted by molar-refractivity contribution is -0.128. The zero-order chi connectivity index (χ0) is 31.7. The average molecular weight is 619 g/mol. The van der Waals surface area contributed by atoms with Gasteiger partial charge >= 0.3 is 6.09 Å². The first-order valence-corrected chi connectivity index (χ1v) is 17.1. The van der Waals surface area contributed by atoms with Gasteiger partial charge in [0.15, 0.2) is 0 Å². The number of anilines is 1. The Kier molecular flexibility index (Phi) is 8.58. The lowest BCUT2D eigenvalue weighted by atomic mass is 9.55. The number of rotatable bonds is 9. The molecule has 1 heterocycles. The van der Waals surface area contributed by atoms with Crippen LogP contribution in [0.25, 0.3) is 0 Å². The number of likely N-dealkylation sites (N-methyl/N-ethyl adjacent to an activating group) is 1. The van der Waals surface area contributed by atoms with Crippen molar-refractivity contribution in [3.8, 4) is 0 Å². The van der Waals surface area contributed by atoms with Crippen LogP contribution in [0.5, 0.6) is 0 Å². The minimum absolute atomic E-state index is 0.0522. The van der Waals surface area contributed by atoms with Gasteiger partial charge in [-0.25, -0.2) is 4.79 Å². The van der Waals surface area contributed by atoms with Crippen molar-refractivity contribution in [1.82, 2.24) is 10.6 Å². The molecule has 8 rings (SSSR count). The fourth-order valence-electron chi connectivity index (χ4n) is 8.90. The molecule has 2 unspecified atom stereocenters. The molecular formula is C39H46N4O3. The lowest BCUT2D eigenvalue weighted by Gasteiger charge is -2.53. The van der Waals surface area contributed by atoms with Crippen LogP contribution in [0, 0.1) is 23.7 Å². The third-order valence-electron chi connectivity index (χ3n) is 11.0. The summed E-state index contributed by atoms with van der Waals surface area (Å²) in [5.74, 6) is 2.28. The monoisotopic (exact) mass is 618 g/mol. The van der Waals surface area contributed by atoms with Gasteiger partial charge in [0.2, 0.25) is 5.91 Å². The van der Waals surface area contributed by atoms with E-state index in [0.717, 1.165) is 65.6 Å². The second kappa shape index (κ2) is 12.9. The summed E-state index contributed by atoms with van der Waals surface area (Å²) in [5, 5.41) is 6.25. The molecule has 2 atom stereocenters. The van der Waals surface area contributed by atoms with Gasteiger partial charge in [-0.1, -0.05) is 78.9 Å². The number of benzodiazepines with no additional fused rings is 1. The van der Waals surface area contributed by atoms with Gasteiger partial charge in [-0.15, -0.1) is 0 Å². The highest BCUT2D eigenvalue weighted by atomic mass is 16.6. The Morgan fingerprint density at radius 2 is 1.50 bits per heavy atom. The second-order valence-corrected chi connectivity index (χ2v) is 14.3. The summed E-state index contributed by atoms with van der Waals surface area (Å²) in [4.78, 5) is 35.2. The molecule has 0 radical (unpaired) electrons. The van der Waals surface area contributed by atoms with Crippen molar-refractivity contribution in [2.75, 3.05) is 25.0 Å². The molecule has 7 heteroatoms. The van der Waals surface area contributed by atoms with E-state index < -0.39 is 11.6 Å². The van der Waals surface area contributed by atoms with E-state index in [1.54, 1.807) is 0 Å². The molecule has 240 valence electrons. The van der Waals surface area contributed by atoms with Crippen LogP contribution in [0.3, 0.4) is 0 Å². The van der Waals surface area contributed by atoms with Gasteiger partial charge in [0, 0.05) is 36.8 Å². The van der Waals surface area contributed by atoms with Crippen molar-refractivity contribution in [2.24, 2.45) is 28.7 Å². The number of fused-ring (bicyclic) bond motifs is 1. The van der Waals surface area contributed by atoms with Crippen LogP contribution in [-0.2, 0) is 16.0 Å². The van der Waals surface area contributed by atoms with Crippen molar-refractivity contribution < 1.29 is 14.3 Å². The molecule has 0 saturated heterocycles. The first-order valence-electron chi connectivity index (χ1n) is 17.1. The number of hydrogen-bond donors (Lipinski definition) is 2. The fraction of sp³-hybridized carbons (Fsp3) is 0.462. The van der Waals surface area contributed by atoms with Crippen LogP contribution in [0.4, 0.5) is 10.5 Å². The lowest BCUT2D eigenvalue weighted by Crippen LogP contribution is -2.61. The van der Waals surface area contributed by atoms with E-state index in [2.05, 4.69) is 59.0 Å². The van der Waals surface area contributed by atoms with Crippen molar-refractivity contribution >= 4 is 23.4 Å². The van der Waals surface area contributed by atoms with Crippen molar-refractivity contribution in [3.05, 3.63) is 102 Å². The standard InChI is InChI=1S/C39H46N4O3/c1-39(37(44)40-18-17-26-11-5-3-6-12-26,42-38(45)46-36-30-20-27-19-28(22-30)23-31(36)21-27)24-32-25-41-35(29-13-7-4-8-14-29)33-15-9-10-16-34(33)43(32)2/h3-16,27-28,30-32,36H,17-25H2,1-2H3,(H,40,44)(H,42,45). The summed E-state index contributed by atoms with van der Waals surface area (Å²) < 4.78 is 6.25. The zero-order valence-corrected chi connectivity index (χ0v) is 27.0. The number of amides is 2. The largest absolute Gasteiger partial charge is 0.446 e. The molecule has 7 nitrogen and oxygen atoms in total. The van der Waals surface area contributed by atoms with Crippen molar-refractivity contribution in [3.63, 3.8) is 0 Å². The minimum Gasteiger partial charge on any atom is -0.446 e. The van der Waals surface area contributed by atoms with Crippen LogP contribution < -0.4 is 15.5 Å². The van der Waals surface area contributed by atoms with Crippen molar-refractivity contribution in [1.29, 1.82) is 0 Å². The Morgan fingerprint density at radius 3 is 2.20 bits per heavy atom. The summed E-state index contributed by atoms with van der Waals surface area (Å²) in [6, 6.07) is 28.5. The Labute approximate surface area is 272 Å². The van der Waals surface area contributed by atoms with Crippen LogP contribution >= 0.6 is 0 Å². The van der Waals surface area contributed by atoms with Gasteiger partial charge in [0.05, 0.1) is 18.3 Å². The highest BCUT2D eigenvalue weighted by Crippen LogP contribution is 2.54. The molecule has 2 N–H and O–H groups in total. The number of nitrogens with one attached hydrogen (secondary N) is 2. The predicted octanol–water partition coefficient (Wildman–Crippen LogP) is 6.40. The highest BCUT2D eigenvalue weighted by Gasteiger charge is 2.50. The van der Waals surface area contributed by atoms with E-state index in [1.807, 2.05) is 55.5 Å². The number of carbonyl (C=O) groups is 2. The maximum absolute atomic E-state index is 14.1. The smallest absolute Gasteiger partial charge is 0.408 e. The molecule has 0 spiro atoms. The molecule has 4 aliphatic carbocycles. The molecule has 4 bridgehead atoms. The topological polar surface area (TPSA) is 83.0 Å². The van der Waals surface area contributed by atoms with E-state index in [0.29, 0.717) is 37.8 Å². The summed E-state index contributed by atoms with van der Waals surface area (Å²) in [7, 11) is 2.06. The predicted molar refractivity (Wildman–Crippen MR) is 182 cm³/mol. The maximum Gasteiger partial charge on any atom is 0.408 e. The zero-order valence-electron chi connectivity index (χ0n) is 27.0. The van der Waals surface area contributed by atoms with Gasteiger partial charge in [0.1, 0.15) is 11.6 Å². The molecule has 4 saturated carbocycles. The minimum atomic E-state index is -1.21. The number of ether oxygens (including phenoxy) is 1. The number of alkyl carbamates (subject to hydrolysis) is 1. The van der Waals surface area contributed by atoms with E-state index in [9.17, 15) is 9.59 Å². The molecule has 0 aromatic heterocycles. The molecule has 1 aliphatic heterocycles. The summed E-state index contributed by atoms with van der Waals surface area (Å²) in [5.41, 5.74) is 4.05. The first kappa shape index (κ1) is 30.5. The molecular weight excluding hydrogens is 572 g/mol. The third-order valence-corrected chi connectivity index (χ3v) is 11.0. The number of nitrogens with zero attached hydrogens (tertiary/aromatic N) is 2. The Balaban J connectivity index is 1.12. The van der Waals surface area contributed by atoms with Gasteiger partial charge in [-0.3, -0.25) is 9.79 Å². The number of aliphatic imine (C=N–C) groups is 1. The fourth-order valence-corrected chi connectivity index (χ4v) is 8.90. The van der Waals surface area contributed by atoms with Crippen LogP contribution in [-0.4, -0.2) is 55.5 Å². The first-order chi connectivity index (χ1) is 22.4. The molecule has 3 aromatic rings. The summed E-state index contributed by atoms with van der Waals surface area (Å²) >= 11 is 0. The molecule has 5 aliphatic rings. The Bertz CT molecular complexity index is 1550. The van der Waals surface area contributed by atoms with Crippen molar-refractivity contribution in [2.45, 2.75) is 69.6 Å². The molecule has 46 heavy (non-hydrogen) atoms. The molecule has 3 aromatic carbocycles. The molecule has 4 fully saturated rings. The summed E-state index contributed by atoms with van der Waals surface area (Å²) in [6.07, 6.45) is 6.55. The van der Waals surface area contributed by atoms with E-state index in [-0.39, 0.29) is 18.1 Å². The van der Waals surface area contributed by atoms with Crippen LogP contribution in [0.2, 0.25) is 0 Å². The second-order valence-electron chi connectivity index (χ2n) is 14.3. The van der Waals surface area contributed by atoms with Gasteiger partial charge < -0.3 is 20.3 Å². The summed E-state index contributed by atoms with van der Waals surface area (Å²) in [6.45, 7) is 2.80. The van der Waals surface area contributed by atoms with Gasteiger partial charge in [0.25, 0.3) is 0 Å². The van der Waals surface area contributed by atoms with E-state index >= 15 is 0 Å². The average Bonchev–Trinajstić information content (AvgIpc) is 3.19. The highest BCUT2D eigenvalue weighted by molar-refractivity contribution is 6.16. The van der Waals surface area contributed by atoms with Gasteiger partial charge in [-0.2, -0.15) is 0 Å². The van der Waals surface area contributed by atoms with Gasteiger partial charge in [-0.05, 0) is 80.8 Å². The normalized spacial score (nSPS) is 27.5.